The van der Waals surface area contributed by atoms with Crippen molar-refractivity contribution >= 4 is 17.6 Å². The monoisotopic (exact) mass is 415 g/mol. The van der Waals surface area contributed by atoms with E-state index in [2.05, 4.69) is 10.1 Å². The molecule has 9 nitrogen and oxygen atoms in total. The normalized spacial score (nSPS) is 17.2. The Bertz CT molecular complexity index is 906. The summed E-state index contributed by atoms with van der Waals surface area (Å²) in [7, 11) is 0. The van der Waals surface area contributed by atoms with E-state index in [1.807, 2.05) is 0 Å². The number of aliphatic carboxylic acids is 1. The second-order valence-electron chi connectivity index (χ2n) is 6.11. The van der Waals surface area contributed by atoms with Crippen molar-refractivity contribution in [2.45, 2.75) is 19.0 Å². The van der Waals surface area contributed by atoms with Gasteiger partial charge in [-0.3, -0.25) is 14.9 Å². The lowest BCUT2D eigenvalue weighted by molar-refractivity contribution is -0.384. The fraction of sp³-hybridized carbons (Fsp3) is 0.294. The summed E-state index contributed by atoms with van der Waals surface area (Å²) < 4.78 is 41.6. The molecule has 0 aromatic heterocycles. The minimum Gasteiger partial charge on any atom is -0.478 e. The minimum atomic E-state index is -4.61. The molecule has 1 aromatic carbocycles. The van der Waals surface area contributed by atoms with Gasteiger partial charge in [-0.15, -0.1) is 0 Å². The largest absolute Gasteiger partial charge is 0.478 e. The Kier molecular flexibility index (Phi) is 6.27. The molecule has 1 aromatic rings. The van der Waals surface area contributed by atoms with Crippen molar-refractivity contribution in [1.29, 1.82) is 0 Å². The first-order chi connectivity index (χ1) is 13.4. The Labute approximate surface area is 161 Å². The number of allylic oxidation sites excluding steroid dienone is 1. The SMILES string of the molecule is CC1=C(C(N)=O)C(c2ccc([N+](=O)[O-])cc2)C(C(=O)O)=C(COCC(F)(F)F)N1. The van der Waals surface area contributed by atoms with E-state index >= 15 is 0 Å². The van der Waals surface area contributed by atoms with Crippen LogP contribution < -0.4 is 11.1 Å². The zero-order valence-corrected chi connectivity index (χ0v) is 14.9. The highest BCUT2D eigenvalue weighted by molar-refractivity contribution is 6.00. The average molecular weight is 415 g/mol. The quantitative estimate of drug-likeness (QED) is 0.456. The standard InChI is InChI=1S/C17H16F3N3O6/c1-8-12(15(21)24)13(9-2-4-10(5-3-9)23(27)28)14(16(25)26)11(22-8)6-29-7-17(18,19)20/h2-5,13,22H,6-7H2,1H3,(H2,21,24)(H,25,26). The number of non-ortho nitro benzene ring substituents is 1. The van der Waals surface area contributed by atoms with E-state index in [0.29, 0.717) is 0 Å². The van der Waals surface area contributed by atoms with Gasteiger partial charge in [0.15, 0.2) is 0 Å². The third kappa shape index (κ3) is 5.10. The maximum atomic E-state index is 12.4. The molecule has 29 heavy (non-hydrogen) atoms. The Hall–Kier alpha value is -3.41. The smallest absolute Gasteiger partial charge is 0.411 e. The van der Waals surface area contributed by atoms with E-state index in [9.17, 15) is 38.0 Å². The molecule has 0 fully saturated rings. The number of carbonyl (C=O) groups excluding carboxylic acids is 1. The Morgan fingerprint density at radius 2 is 1.86 bits per heavy atom. The van der Waals surface area contributed by atoms with Crippen LogP contribution in [0.2, 0.25) is 0 Å². The van der Waals surface area contributed by atoms with Crippen LogP contribution in [0.4, 0.5) is 18.9 Å². The lowest BCUT2D eigenvalue weighted by atomic mass is 9.80. The second kappa shape index (κ2) is 8.31. The van der Waals surface area contributed by atoms with Crippen LogP contribution >= 0.6 is 0 Å². The fourth-order valence-electron chi connectivity index (χ4n) is 2.98. The van der Waals surface area contributed by atoms with Gasteiger partial charge in [-0.2, -0.15) is 13.2 Å². The van der Waals surface area contributed by atoms with Crippen molar-refractivity contribution in [1.82, 2.24) is 5.32 Å². The van der Waals surface area contributed by atoms with Crippen LogP contribution in [0.3, 0.4) is 0 Å². The highest BCUT2D eigenvalue weighted by atomic mass is 19.4. The average Bonchev–Trinajstić information content (AvgIpc) is 2.59. The number of nitrogens with one attached hydrogen (secondary N) is 1. The lowest BCUT2D eigenvalue weighted by Crippen LogP contribution is -2.36. The van der Waals surface area contributed by atoms with E-state index in [-0.39, 0.29) is 28.2 Å². The summed E-state index contributed by atoms with van der Waals surface area (Å²) in [5.74, 6) is -3.72. The number of nitrogens with zero attached hydrogens (tertiary/aromatic N) is 1. The van der Waals surface area contributed by atoms with Gasteiger partial charge in [-0.25, -0.2) is 4.79 Å². The summed E-state index contributed by atoms with van der Waals surface area (Å²) in [5.41, 5.74) is 4.69. The van der Waals surface area contributed by atoms with Gasteiger partial charge in [0, 0.05) is 23.4 Å². The molecule has 156 valence electrons. The molecule has 0 bridgehead atoms. The van der Waals surface area contributed by atoms with E-state index in [0.717, 1.165) is 12.1 Å². The molecule has 1 amide bonds. The molecular formula is C17H16F3N3O6. The van der Waals surface area contributed by atoms with Crippen LogP contribution in [0.1, 0.15) is 18.4 Å². The number of alkyl halides is 3. The number of carbonyl (C=O) groups is 2. The molecule has 0 spiro atoms. The molecule has 1 aliphatic rings. The molecule has 4 N–H and O–H groups in total. The maximum absolute atomic E-state index is 12.4. The number of primary amides is 1. The van der Waals surface area contributed by atoms with E-state index in [1.165, 1.54) is 19.1 Å². The van der Waals surface area contributed by atoms with E-state index in [4.69, 9.17) is 5.73 Å². The van der Waals surface area contributed by atoms with Crippen LogP contribution in [0.5, 0.6) is 0 Å². The van der Waals surface area contributed by atoms with E-state index in [1.54, 1.807) is 0 Å². The number of nitrogens with two attached hydrogens (primary N) is 1. The Balaban J connectivity index is 2.54. The van der Waals surface area contributed by atoms with Gasteiger partial charge in [0.25, 0.3) is 5.69 Å². The van der Waals surface area contributed by atoms with Crippen molar-refractivity contribution in [2.75, 3.05) is 13.2 Å². The number of amides is 1. The lowest BCUT2D eigenvalue weighted by Gasteiger charge is -2.30. The van der Waals surface area contributed by atoms with E-state index < -0.39 is 47.7 Å². The molecule has 1 atom stereocenters. The number of benzene rings is 1. The van der Waals surface area contributed by atoms with Crippen LogP contribution in [0.15, 0.2) is 46.8 Å². The van der Waals surface area contributed by atoms with Crippen LogP contribution in [0, 0.1) is 10.1 Å². The molecular weight excluding hydrogens is 399 g/mol. The second-order valence-corrected chi connectivity index (χ2v) is 6.11. The van der Waals surface area contributed by atoms with Gasteiger partial charge in [0.05, 0.1) is 28.7 Å². The molecule has 0 aliphatic carbocycles. The number of hydrogen-bond donors (Lipinski definition) is 3. The number of carboxylic acid groups (broad SMARTS) is 1. The first-order valence-corrected chi connectivity index (χ1v) is 8.05. The summed E-state index contributed by atoms with van der Waals surface area (Å²) in [6.45, 7) is -0.909. The Morgan fingerprint density at radius 3 is 2.31 bits per heavy atom. The van der Waals surface area contributed by atoms with Crippen molar-refractivity contribution < 1.29 is 37.5 Å². The van der Waals surface area contributed by atoms with Crippen LogP contribution in [-0.4, -0.2) is 41.3 Å². The predicted molar refractivity (Wildman–Crippen MR) is 92.4 cm³/mol. The summed E-state index contributed by atoms with van der Waals surface area (Å²) in [6, 6.07) is 4.73. The zero-order chi connectivity index (χ0) is 21.9. The van der Waals surface area contributed by atoms with Crippen LogP contribution in [-0.2, 0) is 14.3 Å². The molecule has 0 saturated heterocycles. The third-order valence-corrected chi connectivity index (χ3v) is 4.09. The van der Waals surface area contributed by atoms with Gasteiger partial charge in [-0.05, 0) is 12.5 Å². The number of nitro benzene ring substituents is 1. The maximum Gasteiger partial charge on any atom is 0.411 e. The molecule has 12 heteroatoms. The summed E-state index contributed by atoms with van der Waals surface area (Å²) >= 11 is 0. The molecule has 0 saturated carbocycles. The highest BCUT2D eigenvalue weighted by Gasteiger charge is 2.37. The zero-order valence-electron chi connectivity index (χ0n) is 14.9. The number of hydrogen-bond acceptors (Lipinski definition) is 6. The first kappa shape index (κ1) is 21.9. The summed E-state index contributed by atoms with van der Waals surface area (Å²) in [5, 5.41) is 23.1. The highest BCUT2D eigenvalue weighted by Crippen LogP contribution is 2.38. The molecule has 1 heterocycles. The molecule has 0 radical (unpaired) electrons. The van der Waals surface area contributed by atoms with Gasteiger partial charge < -0.3 is 20.9 Å². The Morgan fingerprint density at radius 1 is 1.28 bits per heavy atom. The van der Waals surface area contributed by atoms with Crippen molar-refractivity contribution in [3.63, 3.8) is 0 Å². The summed E-state index contributed by atoms with van der Waals surface area (Å²) in [6.07, 6.45) is -4.61. The van der Waals surface area contributed by atoms with Crippen LogP contribution in [0.25, 0.3) is 0 Å². The number of dihydropyridines is 1. The molecule has 1 unspecified atom stereocenters. The van der Waals surface area contributed by atoms with Gasteiger partial charge in [0.2, 0.25) is 5.91 Å². The number of nitro groups is 1. The number of ether oxygens (including phenoxy) is 1. The van der Waals surface area contributed by atoms with Gasteiger partial charge in [-0.1, -0.05) is 12.1 Å². The van der Waals surface area contributed by atoms with Crippen molar-refractivity contribution in [3.05, 3.63) is 62.5 Å². The topological polar surface area (TPSA) is 145 Å². The third-order valence-electron chi connectivity index (χ3n) is 4.09. The first-order valence-electron chi connectivity index (χ1n) is 8.05. The number of carboxylic acids is 1. The predicted octanol–water partition coefficient (Wildman–Crippen LogP) is 1.96. The van der Waals surface area contributed by atoms with Crippen molar-refractivity contribution in [3.8, 4) is 0 Å². The molecule has 1 aliphatic heterocycles. The summed E-state index contributed by atoms with van der Waals surface area (Å²) in [4.78, 5) is 34.0. The number of halogens is 3. The fourth-order valence-corrected chi connectivity index (χ4v) is 2.98. The van der Waals surface area contributed by atoms with Gasteiger partial charge in [0.1, 0.15) is 6.61 Å². The van der Waals surface area contributed by atoms with Crippen molar-refractivity contribution in [2.24, 2.45) is 5.73 Å². The molecule has 2 rings (SSSR count). The minimum absolute atomic E-state index is 0.129. The number of rotatable bonds is 7. The van der Waals surface area contributed by atoms with Gasteiger partial charge >= 0.3 is 12.1 Å².